The van der Waals surface area contributed by atoms with Crippen LogP contribution >= 0.6 is 0 Å². The fourth-order valence-corrected chi connectivity index (χ4v) is 3.25. The molecule has 2 aliphatic rings. The van der Waals surface area contributed by atoms with Gasteiger partial charge in [-0.05, 0) is 43.4 Å². The van der Waals surface area contributed by atoms with Crippen molar-refractivity contribution in [2.45, 2.75) is 78.4 Å². The highest BCUT2D eigenvalue weighted by atomic mass is 16.2. The second-order valence-corrected chi connectivity index (χ2v) is 7.61. The highest BCUT2D eigenvalue weighted by molar-refractivity contribution is 5.84. The van der Waals surface area contributed by atoms with Gasteiger partial charge in [0.05, 0.1) is 12.2 Å². The summed E-state index contributed by atoms with van der Waals surface area (Å²) in [5, 5.41) is 3.58. The third-order valence-corrected chi connectivity index (χ3v) is 4.46. The molecule has 0 spiro atoms. The molecule has 1 amide bonds. The summed E-state index contributed by atoms with van der Waals surface area (Å²) in [4.78, 5) is 14.7. The van der Waals surface area contributed by atoms with Gasteiger partial charge in [-0.2, -0.15) is 0 Å². The third kappa shape index (κ3) is 4.47. The van der Waals surface area contributed by atoms with E-state index in [-0.39, 0.29) is 12.2 Å². The maximum atomic E-state index is 12.6. The summed E-state index contributed by atoms with van der Waals surface area (Å²) in [5.74, 6) is 2.52. The van der Waals surface area contributed by atoms with E-state index in [1.807, 2.05) is 0 Å². The molecular weight excluding hydrogens is 248 g/mol. The lowest BCUT2D eigenvalue weighted by Crippen LogP contribution is -2.39. The van der Waals surface area contributed by atoms with Crippen LogP contribution in [-0.4, -0.2) is 29.6 Å². The number of amides is 1. The van der Waals surface area contributed by atoms with Gasteiger partial charge < -0.3 is 4.90 Å². The van der Waals surface area contributed by atoms with Gasteiger partial charge in [-0.3, -0.25) is 10.1 Å². The molecule has 2 rings (SSSR count). The lowest BCUT2D eigenvalue weighted by molar-refractivity contribution is -0.130. The molecule has 2 atom stereocenters. The third-order valence-electron chi connectivity index (χ3n) is 4.46. The predicted molar refractivity (Wildman–Crippen MR) is 83.3 cm³/mol. The zero-order valence-corrected chi connectivity index (χ0v) is 13.7. The Bertz CT molecular complexity index is 323. The molecule has 1 saturated heterocycles. The summed E-state index contributed by atoms with van der Waals surface area (Å²) in [5.41, 5.74) is 0. The standard InChI is InChI=1S/C17H32N2O/c1-12(2)10-15-17(20)19(9-5-6-14-7-8-14)16(18-15)11-13(3)4/h12-16,18H,5-11H2,1-4H3. The molecule has 0 aromatic heterocycles. The van der Waals surface area contributed by atoms with E-state index in [9.17, 15) is 4.79 Å². The van der Waals surface area contributed by atoms with Gasteiger partial charge in [-0.1, -0.05) is 40.5 Å². The number of carbonyl (C=O) groups is 1. The first kappa shape index (κ1) is 15.8. The van der Waals surface area contributed by atoms with Crippen LogP contribution in [-0.2, 0) is 4.79 Å². The molecule has 0 radical (unpaired) electrons. The number of hydrogen-bond donors (Lipinski definition) is 1. The van der Waals surface area contributed by atoms with E-state index < -0.39 is 0 Å². The summed E-state index contributed by atoms with van der Waals surface area (Å²) in [6, 6.07) is 0.0553. The molecule has 1 aliphatic carbocycles. The summed E-state index contributed by atoms with van der Waals surface area (Å²) in [7, 11) is 0. The SMILES string of the molecule is CC(C)CC1NC(CC(C)C)N(CCCC2CC2)C1=O. The first-order valence-electron chi connectivity index (χ1n) is 8.54. The molecule has 3 heteroatoms. The molecule has 0 bridgehead atoms. The molecule has 0 aromatic rings. The fourth-order valence-electron chi connectivity index (χ4n) is 3.25. The van der Waals surface area contributed by atoms with E-state index in [1.54, 1.807) is 0 Å². The van der Waals surface area contributed by atoms with Crippen LogP contribution < -0.4 is 5.32 Å². The molecule has 2 unspecified atom stereocenters. The van der Waals surface area contributed by atoms with Gasteiger partial charge in [0.25, 0.3) is 0 Å². The molecule has 0 aromatic carbocycles. The van der Waals surface area contributed by atoms with Crippen molar-refractivity contribution < 1.29 is 4.79 Å². The van der Waals surface area contributed by atoms with Crippen LogP contribution in [0.1, 0.15) is 66.2 Å². The summed E-state index contributed by atoms with van der Waals surface area (Å²) in [6.45, 7) is 9.83. The fraction of sp³-hybridized carbons (Fsp3) is 0.941. The zero-order chi connectivity index (χ0) is 14.7. The Morgan fingerprint density at radius 1 is 1.15 bits per heavy atom. The van der Waals surface area contributed by atoms with Gasteiger partial charge in [0.15, 0.2) is 0 Å². The van der Waals surface area contributed by atoms with Crippen LogP contribution in [0.3, 0.4) is 0 Å². The van der Waals surface area contributed by atoms with Crippen LogP contribution in [0.4, 0.5) is 0 Å². The average molecular weight is 280 g/mol. The van der Waals surface area contributed by atoms with E-state index >= 15 is 0 Å². The zero-order valence-electron chi connectivity index (χ0n) is 13.7. The van der Waals surface area contributed by atoms with Crippen LogP contribution in [0.15, 0.2) is 0 Å². The van der Waals surface area contributed by atoms with Gasteiger partial charge in [-0.25, -0.2) is 0 Å². The number of rotatable bonds is 8. The van der Waals surface area contributed by atoms with Gasteiger partial charge in [0, 0.05) is 6.54 Å². The van der Waals surface area contributed by atoms with Crippen molar-refractivity contribution in [1.29, 1.82) is 0 Å². The van der Waals surface area contributed by atoms with Crippen LogP contribution in [0.5, 0.6) is 0 Å². The Labute approximate surface area is 124 Å². The molecule has 1 saturated carbocycles. The van der Waals surface area contributed by atoms with Crippen molar-refractivity contribution in [2.75, 3.05) is 6.54 Å². The van der Waals surface area contributed by atoms with E-state index in [0.29, 0.717) is 17.7 Å². The molecule has 3 nitrogen and oxygen atoms in total. The molecule has 1 heterocycles. The van der Waals surface area contributed by atoms with Gasteiger partial charge in [0.1, 0.15) is 0 Å². The van der Waals surface area contributed by atoms with Crippen molar-refractivity contribution in [2.24, 2.45) is 17.8 Å². The van der Waals surface area contributed by atoms with Gasteiger partial charge in [0.2, 0.25) is 5.91 Å². The second kappa shape index (κ2) is 6.93. The maximum Gasteiger partial charge on any atom is 0.241 e. The lowest BCUT2D eigenvalue weighted by Gasteiger charge is -2.25. The van der Waals surface area contributed by atoms with Crippen molar-refractivity contribution in [1.82, 2.24) is 10.2 Å². The van der Waals surface area contributed by atoms with Crippen LogP contribution in [0.25, 0.3) is 0 Å². The number of carbonyl (C=O) groups excluding carboxylic acids is 1. The van der Waals surface area contributed by atoms with Crippen molar-refractivity contribution in [3.05, 3.63) is 0 Å². The molecular formula is C17H32N2O. The highest BCUT2D eigenvalue weighted by Gasteiger charge is 2.38. The smallest absolute Gasteiger partial charge is 0.241 e. The normalized spacial score (nSPS) is 27.1. The average Bonchev–Trinajstić information content (AvgIpc) is 3.10. The molecule has 1 aliphatic heterocycles. The topological polar surface area (TPSA) is 32.3 Å². The quantitative estimate of drug-likeness (QED) is 0.739. The molecule has 20 heavy (non-hydrogen) atoms. The summed E-state index contributed by atoms with van der Waals surface area (Å²) >= 11 is 0. The minimum Gasteiger partial charge on any atom is -0.326 e. The summed E-state index contributed by atoms with van der Waals surface area (Å²) in [6.07, 6.45) is 7.63. The van der Waals surface area contributed by atoms with Crippen molar-refractivity contribution in [3.63, 3.8) is 0 Å². The number of nitrogens with one attached hydrogen (secondary N) is 1. The van der Waals surface area contributed by atoms with E-state index in [1.165, 1.54) is 25.7 Å². The highest BCUT2D eigenvalue weighted by Crippen LogP contribution is 2.33. The van der Waals surface area contributed by atoms with E-state index in [0.717, 1.165) is 25.3 Å². The number of nitrogens with zero attached hydrogens (tertiary/aromatic N) is 1. The molecule has 1 N–H and O–H groups in total. The van der Waals surface area contributed by atoms with Crippen molar-refractivity contribution >= 4 is 5.91 Å². The Morgan fingerprint density at radius 2 is 1.80 bits per heavy atom. The van der Waals surface area contributed by atoms with Gasteiger partial charge in [-0.15, -0.1) is 0 Å². The lowest BCUT2D eigenvalue weighted by atomic mass is 10.0. The number of hydrogen-bond acceptors (Lipinski definition) is 2. The Morgan fingerprint density at radius 3 is 2.35 bits per heavy atom. The Kier molecular flexibility index (Phi) is 5.48. The molecule has 116 valence electrons. The summed E-state index contributed by atoms with van der Waals surface area (Å²) < 4.78 is 0. The van der Waals surface area contributed by atoms with Crippen LogP contribution in [0.2, 0.25) is 0 Å². The molecule has 2 fully saturated rings. The monoisotopic (exact) mass is 280 g/mol. The van der Waals surface area contributed by atoms with E-state index in [2.05, 4.69) is 37.9 Å². The second-order valence-electron chi connectivity index (χ2n) is 7.61. The van der Waals surface area contributed by atoms with E-state index in [4.69, 9.17) is 0 Å². The Balaban J connectivity index is 1.89. The first-order valence-corrected chi connectivity index (χ1v) is 8.54. The van der Waals surface area contributed by atoms with Crippen LogP contribution in [0, 0.1) is 17.8 Å². The van der Waals surface area contributed by atoms with Crippen molar-refractivity contribution in [3.8, 4) is 0 Å². The minimum atomic E-state index is 0.0553. The maximum absolute atomic E-state index is 12.6. The largest absolute Gasteiger partial charge is 0.326 e. The first-order chi connectivity index (χ1) is 9.47. The minimum absolute atomic E-state index is 0.0553. The Hall–Kier alpha value is -0.570. The van der Waals surface area contributed by atoms with Gasteiger partial charge >= 0.3 is 0 Å². The predicted octanol–water partition coefficient (Wildman–Crippen LogP) is 3.40.